The van der Waals surface area contributed by atoms with E-state index in [-0.39, 0.29) is 11.8 Å². The van der Waals surface area contributed by atoms with E-state index >= 15 is 0 Å². The summed E-state index contributed by atoms with van der Waals surface area (Å²) in [6.45, 7) is 5.73. The summed E-state index contributed by atoms with van der Waals surface area (Å²) >= 11 is 0. The predicted molar refractivity (Wildman–Crippen MR) is 77.1 cm³/mol. The van der Waals surface area contributed by atoms with Gasteiger partial charge in [0.25, 0.3) is 0 Å². The van der Waals surface area contributed by atoms with Crippen LogP contribution in [0.15, 0.2) is 36.4 Å². The summed E-state index contributed by atoms with van der Waals surface area (Å²) in [6.07, 6.45) is 0.127. The summed E-state index contributed by atoms with van der Waals surface area (Å²) in [5, 5.41) is 9.04. The third-order valence-corrected chi connectivity index (χ3v) is 2.73. The number of rotatable bonds is 4. The maximum atomic E-state index is 11.0. The fourth-order valence-electron chi connectivity index (χ4n) is 1.94. The molecule has 0 radical (unpaired) electrons. The summed E-state index contributed by atoms with van der Waals surface area (Å²) in [5.41, 5.74) is 2.52. The van der Waals surface area contributed by atoms with Gasteiger partial charge < -0.3 is 9.84 Å². The molecule has 0 atom stereocenters. The van der Waals surface area contributed by atoms with Crippen molar-refractivity contribution in [2.75, 3.05) is 0 Å². The molecule has 1 N–H and O–H groups in total. The molecule has 0 amide bonds. The van der Waals surface area contributed by atoms with E-state index in [1.54, 1.807) is 13.0 Å². The lowest BCUT2D eigenvalue weighted by Crippen LogP contribution is -2.05. The average Bonchev–Trinajstić information content (AvgIpc) is 2.38. The quantitative estimate of drug-likeness (QED) is 0.924. The highest BCUT2D eigenvalue weighted by atomic mass is 16.5. The molecule has 4 heteroatoms. The minimum Gasteiger partial charge on any atom is -0.491 e. The first-order chi connectivity index (χ1) is 9.45. The zero-order chi connectivity index (χ0) is 14.7. The highest BCUT2D eigenvalue weighted by molar-refractivity contribution is 5.87. The molecule has 0 aliphatic carbocycles. The van der Waals surface area contributed by atoms with E-state index in [1.807, 2.05) is 44.2 Å². The number of ether oxygens (including phenoxy) is 1. The van der Waals surface area contributed by atoms with Crippen LogP contribution in [0, 0.1) is 6.92 Å². The van der Waals surface area contributed by atoms with Crippen LogP contribution in [0.3, 0.4) is 0 Å². The maximum absolute atomic E-state index is 11.0. The molecule has 0 bridgehead atoms. The number of hydrogen-bond acceptors (Lipinski definition) is 3. The number of hydrogen-bond donors (Lipinski definition) is 1. The van der Waals surface area contributed by atoms with Crippen LogP contribution in [0.4, 0.5) is 0 Å². The lowest BCUT2D eigenvalue weighted by atomic mass is 10.0. The smallest absolute Gasteiger partial charge is 0.354 e. The van der Waals surface area contributed by atoms with Gasteiger partial charge in [0, 0.05) is 5.69 Å². The molecule has 1 aromatic heterocycles. The van der Waals surface area contributed by atoms with Crippen molar-refractivity contribution >= 4 is 5.97 Å². The van der Waals surface area contributed by atoms with E-state index in [2.05, 4.69) is 4.98 Å². The molecule has 0 spiro atoms. The van der Waals surface area contributed by atoms with Crippen LogP contribution in [0.5, 0.6) is 5.75 Å². The SMILES string of the molecule is Cc1cc(-c2ccc(OC(C)C)cc2)cc(C(=O)O)n1. The summed E-state index contributed by atoms with van der Waals surface area (Å²) in [7, 11) is 0. The van der Waals surface area contributed by atoms with Crippen LogP contribution in [0.2, 0.25) is 0 Å². The number of benzene rings is 1. The van der Waals surface area contributed by atoms with Crippen molar-refractivity contribution < 1.29 is 14.6 Å². The van der Waals surface area contributed by atoms with Gasteiger partial charge in [0.15, 0.2) is 0 Å². The van der Waals surface area contributed by atoms with Gasteiger partial charge in [-0.05, 0) is 56.2 Å². The van der Waals surface area contributed by atoms with Crippen LogP contribution < -0.4 is 4.74 Å². The van der Waals surface area contributed by atoms with Gasteiger partial charge in [-0.15, -0.1) is 0 Å². The van der Waals surface area contributed by atoms with Gasteiger partial charge >= 0.3 is 5.97 Å². The molecule has 1 aromatic carbocycles. The van der Waals surface area contributed by atoms with Crippen molar-refractivity contribution in [2.24, 2.45) is 0 Å². The molecule has 0 saturated heterocycles. The molecular formula is C16H17NO3. The van der Waals surface area contributed by atoms with Gasteiger partial charge in [-0.3, -0.25) is 0 Å². The molecular weight excluding hydrogens is 254 g/mol. The van der Waals surface area contributed by atoms with Gasteiger partial charge in [0.05, 0.1) is 6.10 Å². The molecule has 2 rings (SSSR count). The molecule has 0 unspecified atom stereocenters. The second kappa shape index (κ2) is 5.74. The highest BCUT2D eigenvalue weighted by Crippen LogP contribution is 2.24. The molecule has 4 nitrogen and oxygen atoms in total. The molecule has 20 heavy (non-hydrogen) atoms. The van der Waals surface area contributed by atoms with E-state index in [4.69, 9.17) is 9.84 Å². The van der Waals surface area contributed by atoms with Crippen molar-refractivity contribution in [3.63, 3.8) is 0 Å². The first kappa shape index (κ1) is 14.1. The molecule has 0 fully saturated rings. The average molecular weight is 271 g/mol. The third-order valence-electron chi connectivity index (χ3n) is 2.73. The van der Waals surface area contributed by atoms with Crippen LogP contribution in [-0.2, 0) is 0 Å². The second-order valence-electron chi connectivity index (χ2n) is 4.88. The fraction of sp³-hybridized carbons (Fsp3) is 0.250. The summed E-state index contributed by atoms with van der Waals surface area (Å²) < 4.78 is 5.58. The van der Waals surface area contributed by atoms with Gasteiger partial charge in [0.1, 0.15) is 11.4 Å². The van der Waals surface area contributed by atoms with E-state index in [1.165, 1.54) is 0 Å². The monoisotopic (exact) mass is 271 g/mol. The Morgan fingerprint density at radius 3 is 2.35 bits per heavy atom. The number of pyridine rings is 1. The number of carboxylic acids is 1. The van der Waals surface area contributed by atoms with Crippen molar-refractivity contribution in [1.82, 2.24) is 4.98 Å². The Labute approximate surface area is 118 Å². The normalized spacial score (nSPS) is 10.6. The van der Waals surface area contributed by atoms with Crippen molar-refractivity contribution in [3.8, 4) is 16.9 Å². The van der Waals surface area contributed by atoms with Gasteiger partial charge in [-0.1, -0.05) is 12.1 Å². The predicted octanol–water partition coefficient (Wildman–Crippen LogP) is 3.54. The Morgan fingerprint density at radius 2 is 1.80 bits per heavy atom. The Hall–Kier alpha value is -2.36. The zero-order valence-electron chi connectivity index (χ0n) is 11.8. The highest BCUT2D eigenvalue weighted by Gasteiger charge is 2.08. The minimum atomic E-state index is -1.02. The largest absolute Gasteiger partial charge is 0.491 e. The molecule has 1 heterocycles. The van der Waals surface area contributed by atoms with Crippen LogP contribution in [0.25, 0.3) is 11.1 Å². The first-order valence-corrected chi connectivity index (χ1v) is 6.45. The summed E-state index contributed by atoms with van der Waals surface area (Å²) in [6, 6.07) is 11.0. The Balaban J connectivity index is 2.34. The summed E-state index contributed by atoms with van der Waals surface area (Å²) in [4.78, 5) is 15.0. The number of aromatic carboxylic acids is 1. The number of aromatic nitrogens is 1. The van der Waals surface area contributed by atoms with Crippen LogP contribution in [-0.4, -0.2) is 22.2 Å². The van der Waals surface area contributed by atoms with Gasteiger partial charge in [-0.25, -0.2) is 9.78 Å². The molecule has 0 saturated carbocycles. The lowest BCUT2D eigenvalue weighted by molar-refractivity contribution is 0.0690. The van der Waals surface area contributed by atoms with Crippen molar-refractivity contribution in [3.05, 3.63) is 47.8 Å². The van der Waals surface area contributed by atoms with Gasteiger partial charge in [-0.2, -0.15) is 0 Å². The Kier molecular flexibility index (Phi) is 4.03. The Bertz CT molecular complexity index is 618. The third kappa shape index (κ3) is 3.35. The molecule has 104 valence electrons. The Morgan fingerprint density at radius 1 is 1.15 bits per heavy atom. The van der Waals surface area contributed by atoms with Crippen LogP contribution in [0.1, 0.15) is 30.0 Å². The maximum Gasteiger partial charge on any atom is 0.354 e. The number of carbonyl (C=O) groups is 1. The summed E-state index contributed by atoms with van der Waals surface area (Å²) in [5.74, 6) is -0.220. The number of carboxylic acid groups (broad SMARTS) is 1. The molecule has 0 aliphatic heterocycles. The van der Waals surface area contributed by atoms with E-state index < -0.39 is 5.97 Å². The van der Waals surface area contributed by atoms with E-state index in [9.17, 15) is 4.79 Å². The van der Waals surface area contributed by atoms with Crippen LogP contribution >= 0.6 is 0 Å². The topological polar surface area (TPSA) is 59.4 Å². The fourth-order valence-corrected chi connectivity index (χ4v) is 1.94. The molecule has 2 aromatic rings. The number of aryl methyl sites for hydroxylation is 1. The minimum absolute atomic E-state index is 0.0579. The zero-order valence-corrected chi connectivity index (χ0v) is 11.8. The van der Waals surface area contributed by atoms with Crippen molar-refractivity contribution in [1.29, 1.82) is 0 Å². The second-order valence-corrected chi connectivity index (χ2v) is 4.88. The van der Waals surface area contributed by atoms with E-state index in [0.29, 0.717) is 5.69 Å². The molecule has 0 aliphatic rings. The first-order valence-electron chi connectivity index (χ1n) is 6.45. The van der Waals surface area contributed by atoms with Crippen molar-refractivity contribution in [2.45, 2.75) is 26.9 Å². The number of nitrogens with zero attached hydrogens (tertiary/aromatic N) is 1. The lowest BCUT2D eigenvalue weighted by Gasteiger charge is -2.10. The van der Waals surface area contributed by atoms with E-state index in [0.717, 1.165) is 16.9 Å². The van der Waals surface area contributed by atoms with Gasteiger partial charge in [0.2, 0.25) is 0 Å². The standard InChI is InChI=1S/C16H17NO3/c1-10(2)20-14-6-4-12(5-7-14)13-8-11(3)17-15(9-13)16(18)19/h4-10H,1-3H3,(H,18,19).